The minimum atomic E-state index is -0.320. The molecule has 1 atom stereocenters. The molecule has 0 spiro atoms. The summed E-state index contributed by atoms with van der Waals surface area (Å²) in [5.41, 5.74) is 4.16. The minimum absolute atomic E-state index is 0.320. The van der Waals surface area contributed by atoms with Crippen LogP contribution in [0.1, 0.15) is 47.6 Å². The predicted octanol–water partition coefficient (Wildman–Crippen LogP) is 3.17. The van der Waals surface area contributed by atoms with E-state index >= 15 is 0 Å². The number of nitriles is 1. The van der Waals surface area contributed by atoms with Crippen molar-refractivity contribution < 1.29 is 5.11 Å². The van der Waals surface area contributed by atoms with Crippen LogP contribution in [-0.4, -0.2) is 9.67 Å². The topological polar surface area (TPSA) is 49.0 Å². The Kier molecular flexibility index (Phi) is 3.58. The SMILES string of the molecule is N#Cc1cccc(Cn2cc3c(c2)C(O)CCCC3)c1. The Morgan fingerprint density at radius 2 is 2.20 bits per heavy atom. The predicted molar refractivity (Wildman–Crippen MR) is 77.2 cm³/mol. The highest BCUT2D eigenvalue weighted by Crippen LogP contribution is 2.29. The lowest BCUT2D eigenvalue weighted by Gasteiger charge is -2.07. The third-order valence-electron chi connectivity index (χ3n) is 3.95. The Bertz CT molecular complexity index is 651. The Balaban J connectivity index is 1.85. The molecule has 0 saturated heterocycles. The van der Waals surface area contributed by atoms with Gasteiger partial charge in [0.15, 0.2) is 0 Å². The summed E-state index contributed by atoms with van der Waals surface area (Å²) in [5.74, 6) is 0. The van der Waals surface area contributed by atoms with E-state index in [1.807, 2.05) is 24.3 Å². The third kappa shape index (κ3) is 2.61. The van der Waals surface area contributed by atoms with E-state index in [0.29, 0.717) is 5.56 Å². The molecule has 2 aromatic rings. The number of hydrogen-bond donors (Lipinski definition) is 1. The van der Waals surface area contributed by atoms with E-state index in [4.69, 9.17) is 5.26 Å². The van der Waals surface area contributed by atoms with Gasteiger partial charge >= 0.3 is 0 Å². The van der Waals surface area contributed by atoms with Gasteiger partial charge in [-0.15, -0.1) is 0 Å². The average Bonchev–Trinajstić information content (AvgIpc) is 2.78. The van der Waals surface area contributed by atoms with Gasteiger partial charge in [0.1, 0.15) is 0 Å². The van der Waals surface area contributed by atoms with Crippen molar-refractivity contribution in [2.45, 2.75) is 38.3 Å². The van der Waals surface area contributed by atoms with Crippen molar-refractivity contribution in [2.24, 2.45) is 0 Å². The van der Waals surface area contributed by atoms with Crippen LogP contribution in [0.3, 0.4) is 0 Å². The van der Waals surface area contributed by atoms with Crippen LogP contribution >= 0.6 is 0 Å². The van der Waals surface area contributed by atoms with Crippen LogP contribution < -0.4 is 0 Å². The molecule has 1 aliphatic rings. The Labute approximate surface area is 119 Å². The molecule has 0 aliphatic heterocycles. The number of aliphatic hydroxyl groups excluding tert-OH is 1. The van der Waals surface area contributed by atoms with Crippen molar-refractivity contribution in [3.8, 4) is 6.07 Å². The number of hydrogen-bond acceptors (Lipinski definition) is 2. The molecule has 102 valence electrons. The lowest BCUT2D eigenvalue weighted by atomic mass is 10.1. The van der Waals surface area contributed by atoms with E-state index in [1.165, 1.54) is 5.56 Å². The highest BCUT2D eigenvalue weighted by Gasteiger charge is 2.18. The van der Waals surface area contributed by atoms with E-state index in [2.05, 4.69) is 23.0 Å². The summed E-state index contributed by atoms with van der Waals surface area (Å²) in [7, 11) is 0. The van der Waals surface area contributed by atoms with Gasteiger partial charge in [0, 0.05) is 24.5 Å². The van der Waals surface area contributed by atoms with Crippen LogP contribution in [0.2, 0.25) is 0 Å². The van der Waals surface area contributed by atoms with Crippen LogP contribution in [0.4, 0.5) is 0 Å². The summed E-state index contributed by atoms with van der Waals surface area (Å²) in [6.07, 6.45) is 8.04. The zero-order valence-corrected chi connectivity index (χ0v) is 11.4. The largest absolute Gasteiger partial charge is 0.388 e. The molecule has 1 N–H and O–H groups in total. The summed E-state index contributed by atoms with van der Waals surface area (Å²) in [4.78, 5) is 0. The smallest absolute Gasteiger partial charge is 0.0991 e. The molecule has 3 nitrogen and oxygen atoms in total. The summed E-state index contributed by atoms with van der Waals surface area (Å²) in [6, 6.07) is 9.85. The molecule has 3 heteroatoms. The number of nitrogens with zero attached hydrogens (tertiary/aromatic N) is 2. The van der Waals surface area contributed by atoms with Gasteiger partial charge < -0.3 is 9.67 Å². The fraction of sp³-hybridized carbons (Fsp3) is 0.353. The van der Waals surface area contributed by atoms with E-state index in [9.17, 15) is 5.11 Å². The highest BCUT2D eigenvalue weighted by molar-refractivity contribution is 5.34. The van der Waals surface area contributed by atoms with Crippen molar-refractivity contribution in [1.82, 2.24) is 4.57 Å². The van der Waals surface area contributed by atoms with Crippen molar-refractivity contribution >= 4 is 0 Å². The van der Waals surface area contributed by atoms with E-state index in [-0.39, 0.29) is 6.10 Å². The van der Waals surface area contributed by atoms with Crippen LogP contribution in [0.15, 0.2) is 36.7 Å². The molecule has 1 unspecified atom stereocenters. The first-order valence-corrected chi connectivity index (χ1v) is 7.12. The maximum absolute atomic E-state index is 10.1. The fourth-order valence-electron chi connectivity index (χ4n) is 2.93. The second-order valence-corrected chi connectivity index (χ2v) is 5.48. The summed E-state index contributed by atoms with van der Waals surface area (Å²) in [5, 5.41) is 19.1. The molecule has 1 aromatic heterocycles. The van der Waals surface area contributed by atoms with Gasteiger partial charge in [0.05, 0.1) is 17.7 Å². The van der Waals surface area contributed by atoms with Gasteiger partial charge in [-0.25, -0.2) is 0 Å². The van der Waals surface area contributed by atoms with Crippen LogP contribution in [0, 0.1) is 11.3 Å². The van der Waals surface area contributed by atoms with E-state index < -0.39 is 0 Å². The number of rotatable bonds is 2. The molecule has 0 saturated carbocycles. The maximum atomic E-state index is 10.1. The quantitative estimate of drug-likeness (QED) is 0.849. The van der Waals surface area contributed by atoms with Crippen molar-refractivity contribution in [2.75, 3.05) is 0 Å². The fourth-order valence-corrected chi connectivity index (χ4v) is 2.93. The first-order valence-electron chi connectivity index (χ1n) is 7.12. The van der Waals surface area contributed by atoms with Gasteiger partial charge in [0.25, 0.3) is 0 Å². The standard InChI is InChI=1S/C17H18N2O/c18-9-13-4-3-5-14(8-13)10-19-11-15-6-1-2-7-17(20)16(15)12-19/h3-5,8,11-12,17,20H,1-2,6-7,10H2. The molecule has 0 fully saturated rings. The highest BCUT2D eigenvalue weighted by atomic mass is 16.3. The molecule has 1 aromatic carbocycles. The first kappa shape index (κ1) is 13.0. The second-order valence-electron chi connectivity index (χ2n) is 5.48. The Morgan fingerprint density at radius 1 is 1.30 bits per heavy atom. The molecule has 20 heavy (non-hydrogen) atoms. The van der Waals surface area contributed by atoms with Crippen LogP contribution in [0.5, 0.6) is 0 Å². The lowest BCUT2D eigenvalue weighted by molar-refractivity contribution is 0.166. The number of fused-ring (bicyclic) bond motifs is 1. The third-order valence-corrected chi connectivity index (χ3v) is 3.95. The van der Waals surface area contributed by atoms with Gasteiger partial charge in [0.2, 0.25) is 0 Å². The van der Waals surface area contributed by atoms with Crippen molar-refractivity contribution in [1.29, 1.82) is 5.26 Å². The van der Waals surface area contributed by atoms with Crippen molar-refractivity contribution in [3.05, 3.63) is 58.9 Å². The summed E-state index contributed by atoms with van der Waals surface area (Å²) < 4.78 is 2.12. The maximum Gasteiger partial charge on any atom is 0.0991 e. The van der Waals surface area contributed by atoms with Gasteiger partial charge in [-0.1, -0.05) is 18.6 Å². The van der Waals surface area contributed by atoms with E-state index in [0.717, 1.165) is 43.4 Å². The Morgan fingerprint density at radius 3 is 3.05 bits per heavy atom. The molecule has 0 radical (unpaired) electrons. The first-order chi connectivity index (χ1) is 9.76. The van der Waals surface area contributed by atoms with E-state index in [1.54, 1.807) is 0 Å². The normalized spacial score (nSPS) is 18.1. The molecule has 0 amide bonds. The number of aliphatic hydroxyl groups is 1. The van der Waals surface area contributed by atoms with Gasteiger partial charge in [-0.05, 0) is 42.5 Å². The molecule has 1 aliphatic carbocycles. The Hall–Kier alpha value is -2.05. The molecular formula is C17H18N2O. The molecule has 3 rings (SSSR count). The number of benzene rings is 1. The molecular weight excluding hydrogens is 248 g/mol. The van der Waals surface area contributed by atoms with Crippen LogP contribution in [0.25, 0.3) is 0 Å². The van der Waals surface area contributed by atoms with Gasteiger partial charge in [-0.3, -0.25) is 0 Å². The van der Waals surface area contributed by atoms with Crippen LogP contribution in [-0.2, 0) is 13.0 Å². The van der Waals surface area contributed by atoms with Crippen molar-refractivity contribution in [3.63, 3.8) is 0 Å². The number of aryl methyl sites for hydroxylation is 1. The zero-order valence-electron chi connectivity index (χ0n) is 11.4. The molecule has 1 heterocycles. The minimum Gasteiger partial charge on any atom is -0.388 e. The summed E-state index contributed by atoms with van der Waals surface area (Å²) in [6.45, 7) is 0.745. The van der Waals surface area contributed by atoms with Gasteiger partial charge in [-0.2, -0.15) is 5.26 Å². The number of aromatic nitrogens is 1. The second kappa shape index (κ2) is 5.52. The monoisotopic (exact) mass is 266 g/mol. The zero-order chi connectivity index (χ0) is 13.9. The average molecular weight is 266 g/mol. The lowest BCUT2D eigenvalue weighted by Crippen LogP contribution is -1.98. The summed E-state index contributed by atoms with van der Waals surface area (Å²) >= 11 is 0. The molecule has 0 bridgehead atoms.